The van der Waals surface area contributed by atoms with Crippen molar-refractivity contribution in [1.82, 2.24) is 4.98 Å². The summed E-state index contributed by atoms with van der Waals surface area (Å²) in [5, 5.41) is 0. The smallest absolute Gasteiger partial charge is 0.206 e. The molecular weight excluding hydrogens is 269 g/mol. The van der Waals surface area contributed by atoms with E-state index in [-0.39, 0.29) is 17.3 Å². The second-order valence-electron chi connectivity index (χ2n) is 4.05. The molecule has 0 aliphatic heterocycles. The van der Waals surface area contributed by atoms with E-state index in [0.717, 1.165) is 0 Å². The molecule has 0 amide bonds. The van der Waals surface area contributed by atoms with E-state index in [1.54, 1.807) is 13.1 Å². The first-order chi connectivity index (χ1) is 9.08. The number of hydrogen-bond acceptors (Lipinski definition) is 4. The van der Waals surface area contributed by atoms with Crippen LogP contribution in [0.3, 0.4) is 0 Å². The van der Waals surface area contributed by atoms with Crippen molar-refractivity contribution < 1.29 is 17.8 Å². The van der Waals surface area contributed by atoms with Crippen molar-refractivity contribution >= 4 is 10.8 Å². The van der Waals surface area contributed by atoms with Crippen molar-refractivity contribution in [3.05, 3.63) is 47.4 Å². The zero-order chi connectivity index (χ0) is 13.8. The average Bonchev–Trinajstić information content (AvgIpc) is 2.75. The van der Waals surface area contributed by atoms with Gasteiger partial charge in [-0.3, -0.25) is 4.21 Å². The molecule has 1 atom stereocenters. The van der Waals surface area contributed by atoms with Gasteiger partial charge in [0.2, 0.25) is 5.89 Å². The Morgan fingerprint density at radius 3 is 2.84 bits per heavy atom. The molecule has 1 heterocycles. The number of ether oxygens (including phenoxy) is 1. The second kappa shape index (κ2) is 5.97. The number of benzene rings is 1. The van der Waals surface area contributed by atoms with Crippen molar-refractivity contribution in [1.29, 1.82) is 0 Å². The van der Waals surface area contributed by atoms with E-state index in [2.05, 4.69) is 4.98 Å². The van der Waals surface area contributed by atoms with Crippen LogP contribution in [0.15, 0.2) is 28.8 Å². The van der Waals surface area contributed by atoms with Gasteiger partial charge < -0.3 is 9.15 Å². The summed E-state index contributed by atoms with van der Waals surface area (Å²) in [7, 11) is 0.265. The van der Waals surface area contributed by atoms with Gasteiger partial charge in [-0.15, -0.1) is 0 Å². The van der Waals surface area contributed by atoms with Gasteiger partial charge in [-0.05, 0) is 25.1 Å². The van der Waals surface area contributed by atoms with Gasteiger partial charge in [0.05, 0.1) is 19.1 Å². The fourth-order valence-electron chi connectivity index (χ4n) is 1.69. The van der Waals surface area contributed by atoms with Gasteiger partial charge in [0, 0.05) is 16.4 Å². The molecule has 2 aromatic rings. The summed E-state index contributed by atoms with van der Waals surface area (Å²) in [6.07, 6.45) is 1.58. The molecule has 6 heteroatoms. The molecule has 0 fully saturated rings. The lowest BCUT2D eigenvalue weighted by Crippen LogP contribution is -2.02. The molecule has 0 spiro atoms. The summed E-state index contributed by atoms with van der Waals surface area (Å²) in [6.45, 7) is 1.77. The number of hydrogen-bond donors (Lipinski definition) is 0. The third kappa shape index (κ3) is 3.64. The maximum absolute atomic E-state index is 13.2. The third-order valence-electron chi connectivity index (χ3n) is 2.51. The molecule has 4 nitrogen and oxygen atoms in total. The highest BCUT2D eigenvalue weighted by molar-refractivity contribution is 7.83. The van der Waals surface area contributed by atoms with E-state index >= 15 is 0 Å². The van der Waals surface area contributed by atoms with Crippen molar-refractivity contribution in [2.45, 2.75) is 18.4 Å². The molecule has 0 N–H and O–H groups in total. The largest absolute Gasteiger partial charge is 0.496 e. The van der Waals surface area contributed by atoms with Crippen LogP contribution >= 0.6 is 0 Å². The number of nitrogens with zero attached hydrogens (tertiary/aromatic N) is 1. The highest BCUT2D eigenvalue weighted by atomic mass is 32.2. The first-order valence-electron chi connectivity index (χ1n) is 5.67. The van der Waals surface area contributed by atoms with Crippen LogP contribution in [-0.2, 0) is 22.3 Å². The van der Waals surface area contributed by atoms with E-state index in [9.17, 15) is 8.60 Å². The SMILES string of the molecule is COc1ccc(F)cc1C[S@@](=O)Cc1ncc(C)o1. The van der Waals surface area contributed by atoms with Crippen molar-refractivity contribution in [3.63, 3.8) is 0 Å². The minimum absolute atomic E-state index is 0.197. The molecule has 0 radical (unpaired) electrons. The maximum Gasteiger partial charge on any atom is 0.206 e. The topological polar surface area (TPSA) is 52.3 Å². The fraction of sp³-hybridized carbons (Fsp3) is 0.308. The highest BCUT2D eigenvalue weighted by Gasteiger charge is 2.12. The number of oxazole rings is 1. The van der Waals surface area contributed by atoms with Gasteiger partial charge in [0.15, 0.2) is 0 Å². The molecule has 1 aromatic heterocycles. The van der Waals surface area contributed by atoms with Gasteiger partial charge in [0.1, 0.15) is 23.1 Å². The molecule has 0 unspecified atom stereocenters. The average molecular weight is 283 g/mol. The summed E-state index contributed by atoms with van der Waals surface area (Å²) in [5.41, 5.74) is 0.573. The molecule has 0 aliphatic rings. The molecule has 0 saturated heterocycles. The first kappa shape index (κ1) is 13.7. The Morgan fingerprint density at radius 2 is 2.21 bits per heavy atom. The Bertz CT molecular complexity index is 597. The van der Waals surface area contributed by atoms with Gasteiger partial charge in [0.25, 0.3) is 0 Å². The van der Waals surface area contributed by atoms with Gasteiger partial charge >= 0.3 is 0 Å². The minimum Gasteiger partial charge on any atom is -0.496 e. The van der Waals surface area contributed by atoms with E-state index in [0.29, 0.717) is 23.0 Å². The van der Waals surface area contributed by atoms with E-state index in [1.165, 1.54) is 25.3 Å². The number of halogens is 1. The van der Waals surface area contributed by atoms with Gasteiger partial charge in [-0.25, -0.2) is 9.37 Å². The van der Waals surface area contributed by atoms with Crippen LogP contribution in [0.5, 0.6) is 5.75 Å². The second-order valence-corrected chi connectivity index (χ2v) is 5.51. The number of methoxy groups -OCH3 is 1. The van der Waals surface area contributed by atoms with Crippen molar-refractivity contribution in [3.8, 4) is 5.75 Å². The Balaban J connectivity index is 2.08. The summed E-state index contributed by atoms with van der Waals surface area (Å²) in [4.78, 5) is 3.99. The van der Waals surface area contributed by atoms with Crippen molar-refractivity contribution in [2.24, 2.45) is 0 Å². The van der Waals surface area contributed by atoms with E-state index < -0.39 is 10.8 Å². The summed E-state index contributed by atoms with van der Waals surface area (Å²) < 4.78 is 35.6. The molecule has 1 aromatic carbocycles. The predicted octanol–water partition coefficient (Wildman–Crippen LogP) is 2.58. The van der Waals surface area contributed by atoms with Crippen molar-refractivity contribution in [2.75, 3.05) is 7.11 Å². The number of aryl methyl sites for hydroxylation is 1. The standard InChI is InChI=1S/C13H14FNO3S/c1-9-6-15-13(18-9)8-19(16)7-10-5-11(14)3-4-12(10)17-2/h3-6H,7-8H2,1-2H3/t19-/m1/s1. The lowest BCUT2D eigenvalue weighted by atomic mass is 10.2. The molecule has 0 aliphatic carbocycles. The molecular formula is C13H14FNO3S. The van der Waals surface area contributed by atoms with E-state index in [4.69, 9.17) is 9.15 Å². The minimum atomic E-state index is -1.23. The van der Waals surface area contributed by atoms with Crippen LogP contribution in [0, 0.1) is 12.7 Å². The van der Waals surface area contributed by atoms with Crippen LogP contribution < -0.4 is 4.74 Å². The van der Waals surface area contributed by atoms with Crippen LogP contribution in [-0.4, -0.2) is 16.3 Å². The Morgan fingerprint density at radius 1 is 1.42 bits per heavy atom. The monoisotopic (exact) mass is 283 g/mol. The van der Waals surface area contributed by atoms with Crippen LogP contribution in [0.4, 0.5) is 4.39 Å². The maximum atomic E-state index is 13.2. The molecule has 2 rings (SSSR count). The molecule has 19 heavy (non-hydrogen) atoms. The summed E-state index contributed by atoms with van der Waals surface area (Å²) in [5.74, 6) is 1.65. The summed E-state index contributed by atoms with van der Waals surface area (Å²) >= 11 is 0. The molecule has 0 saturated carbocycles. The zero-order valence-electron chi connectivity index (χ0n) is 10.7. The summed E-state index contributed by atoms with van der Waals surface area (Å²) in [6, 6.07) is 4.16. The van der Waals surface area contributed by atoms with Crippen LogP contribution in [0.1, 0.15) is 17.2 Å². The van der Waals surface area contributed by atoms with Gasteiger partial charge in [-0.2, -0.15) is 0 Å². The van der Waals surface area contributed by atoms with Crippen LogP contribution in [0.2, 0.25) is 0 Å². The quantitative estimate of drug-likeness (QED) is 0.846. The Kier molecular flexibility index (Phi) is 4.31. The predicted molar refractivity (Wildman–Crippen MR) is 69.7 cm³/mol. The van der Waals surface area contributed by atoms with Crippen LogP contribution in [0.25, 0.3) is 0 Å². The zero-order valence-corrected chi connectivity index (χ0v) is 11.5. The third-order valence-corrected chi connectivity index (χ3v) is 3.71. The lowest BCUT2D eigenvalue weighted by Gasteiger charge is -2.07. The lowest BCUT2D eigenvalue weighted by molar-refractivity contribution is 0.410. The fourth-order valence-corrected chi connectivity index (χ4v) is 2.77. The Labute approximate surface area is 113 Å². The number of rotatable bonds is 5. The Hall–Kier alpha value is -1.69. The normalized spacial score (nSPS) is 12.4. The molecule has 102 valence electrons. The highest BCUT2D eigenvalue weighted by Crippen LogP contribution is 2.21. The first-order valence-corrected chi connectivity index (χ1v) is 7.16. The number of aromatic nitrogens is 1. The molecule has 0 bridgehead atoms. The van der Waals surface area contributed by atoms with Gasteiger partial charge in [-0.1, -0.05) is 0 Å². The van der Waals surface area contributed by atoms with E-state index in [1.807, 2.05) is 0 Å².